The van der Waals surface area contributed by atoms with E-state index in [0.717, 1.165) is 12.2 Å². The van der Waals surface area contributed by atoms with Crippen LogP contribution in [0, 0.1) is 0 Å². The molecule has 1 aromatic rings. The molecule has 0 aliphatic heterocycles. The van der Waals surface area contributed by atoms with Gasteiger partial charge in [0.2, 0.25) is 0 Å². The molecule has 0 fully saturated rings. The van der Waals surface area contributed by atoms with Gasteiger partial charge in [-0.3, -0.25) is 0 Å². The number of nitrogens with zero attached hydrogens (tertiary/aromatic N) is 2. The zero-order chi connectivity index (χ0) is 7.40. The van der Waals surface area contributed by atoms with Gasteiger partial charge >= 0.3 is 0 Å². The Balaban J connectivity index is 2.49. The van der Waals surface area contributed by atoms with Crippen molar-refractivity contribution in [2.45, 2.75) is 12.8 Å². The van der Waals surface area contributed by atoms with Crippen LogP contribution in [-0.4, -0.2) is 20.8 Å². The molecule has 0 atom stereocenters. The minimum Gasteiger partial charge on any atom is -0.396 e. The van der Waals surface area contributed by atoms with Crippen molar-refractivity contribution in [3.63, 3.8) is 0 Å². The molecule has 10 heavy (non-hydrogen) atoms. The van der Waals surface area contributed by atoms with Gasteiger partial charge in [0.15, 0.2) is 0 Å². The summed E-state index contributed by atoms with van der Waals surface area (Å²) < 4.78 is 1.44. The second kappa shape index (κ2) is 3.58. The van der Waals surface area contributed by atoms with E-state index in [-0.39, 0.29) is 6.61 Å². The summed E-state index contributed by atoms with van der Waals surface area (Å²) in [7, 11) is 0. The van der Waals surface area contributed by atoms with Crippen LogP contribution >= 0.6 is 11.8 Å². The molecule has 3 nitrogen and oxygen atoms in total. The number of hydrogen-bond donors (Lipinski definition) is 1. The molecule has 0 amide bonds. The lowest BCUT2D eigenvalue weighted by molar-refractivity contribution is 0.287. The van der Waals surface area contributed by atoms with Crippen molar-refractivity contribution in [3.05, 3.63) is 18.2 Å². The number of rotatable bonds is 3. The molecule has 1 N–H and O–H groups in total. The quantitative estimate of drug-likeness (QED) is 0.711. The Morgan fingerprint density at radius 1 is 1.70 bits per heavy atom. The third kappa shape index (κ3) is 1.72. The van der Waals surface area contributed by atoms with Crippen LogP contribution in [-0.2, 0) is 6.42 Å². The summed E-state index contributed by atoms with van der Waals surface area (Å²) in [5.74, 6) is 0.802. The molecule has 0 aromatic carbocycles. The maximum atomic E-state index is 8.48. The Bertz CT molecular complexity index is 199. The highest BCUT2D eigenvalue weighted by Crippen LogP contribution is 2.01. The lowest BCUT2D eigenvalue weighted by atomic mass is 10.3. The van der Waals surface area contributed by atoms with E-state index >= 15 is 0 Å². The van der Waals surface area contributed by atoms with Crippen molar-refractivity contribution in [2.24, 2.45) is 0 Å². The van der Waals surface area contributed by atoms with Gasteiger partial charge in [0.05, 0.1) is 0 Å². The van der Waals surface area contributed by atoms with Crippen molar-refractivity contribution in [1.82, 2.24) is 9.07 Å². The van der Waals surface area contributed by atoms with Gasteiger partial charge in [-0.1, -0.05) is 0 Å². The SMILES string of the molecule is OCCCc1nccn1Cl. The fraction of sp³-hybridized carbons (Fsp3) is 0.500. The number of halogens is 1. The van der Waals surface area contributed by atoms with Crippen LogP contribution in [0.5, 0.6) is 0 Å². The molecular formula is C6H9ClN2O. The van der Waals surface area contributed by atoms with Crippen LogP contribution in [0.15, 0.2) is 12.4 Å². The van der Waals surface area contributed by atoms with Crippen molar-refractivity contribution in [3.8, 4) is 0 Å². The zero-order valence-electron chi connectivity index (χ0n) is 5.50. The van der Waals surface area contributed by atoms with E-state index < -0.39 is 0 Å². The van der Waals surface area contributed by atoms with Crippen molar-refractivity contribution in [2.75, 3.05) is 6.61 Å². The van der Waals surface area contributed by atoms with Crippen LogP contribution in [0.2, 0.25) is 0 Å². The van der Waals surface area contributed by atoms with Crippen LogP contribution in [0.25, 0.3) is 0 Å². The Morgan fingerprint density at radius 3 is 3.00 bits per heavy atom. The van der Waals surface area contributed by atoms with Gasteiger partial charge in [-0.25, -0.2) is 9.07 Å². The largest absolute Gasteiger partial charge is 0.396 e. The Labute approximate surface area is 64.4 Å². The first-order chi connectivity index (χ1) is 4.84. The van der Waals surface area contributed by atoms with Crippen LogP contribution in [0.4, 0.5) is 0 Å². The predicted octanol–water partition coefficient (Wildman–Crippen LogP) is 0.810. The first kappa shape index (κ1) is 7.57. The summed E-state index contributed by atoms with van der Waals surface area (Å²) in [5.41, 5.74) is 0. The van der Waals surface area contributed by atoms with E-state index in [4.69, 9.17) is 16.9 Å². The molecule has 0 radical (unpaired) electrons. The lowest BCUT2D eigenvalue weighted by Crippen LogP contribution is -1.94. The Kier molecular flexibility index (Phi) is 2.71. The van der Waals surface area contributed by atoms with Gasteiger partial charge in [0.25, 0.3) is 0 Å². The number of aliphatic hydroxyl groups is 1. The fourth-order valence-electron chi connectivity index (χ4n) is 0.728. The van der Waals surface area contributed by atoms with Crippen molar-refractivity contribution in [1.29, 1.82) is 0 Å². The third-order valence-corrected chi connectivity index (χ3v) is 1.53. The van der Waals surface area contributed by atoms with Gasteiger partial charge in [-0.15, -0.1) is 0 Å². The van der Waals surface area contributed by atoms with E-state index in [1.54, 1.807) is 12.4 Å². The monoisotopic (exact) mass is 160 g/mol. The van der Waals surface area contributed by atoms with Crippen molar-refractivity contribution >= 4 is 11.8 Å². The number of imidazole rings is 1. The molecule has 0 aliphatic carbocycles. The zero-order valence-corrected chi connectivity index (χ0v) is 6.25. The van der Waals surface area contributed by atoms with E-state index in [2.05, 4.69) is 4.98 Å². The molecule has 1 aromatic heterocycles. The molecule has 0 saturated carbocycles. The molecule has 1 heterocycles. The summed E-state index contributed by atoms with van der Waals surface area (Å²) in [6.07, 6.45) is 4.75. The van der Waals surface area contributed by atoms with Gasteiger partial charge in [0, 0.05) is 37.2 Å². The number of aryl methyl sites for hydroxylation is 1. The first-order valence-corrected chi connectivity index (χ1v) is 3.47. The molecule has 4 heteroatoms. The predicted molar refractivity (Wildman–Crippen MR) is 38.9 cm³/mol. The van der Waals surface area contributed by atoms with E-state index in [9.17, 15) is 0 Å². The maximum absolute atomic E-state index is 8.48. The van der Waals surface area contributed by atoms with Gasteiger partial charge in [0.1, 0.15) is 5.82 Å². The minimum atomic E-state index is 0.184. The fourth-order valence-corrected chi connectivity index (χ4v) is 0.906. The lowest BCUT2D eigenvalue weighted by Gasteiger charge is -1.95. The van der Waals surface area contributed by atoms with E-state index in [1.807, 2.05) is 0 Å². The molecule has 0 bridgehead atoms. The smallest absolute Gasteiger partial charge is 0.123 e. The highest BCUT2D eigenvalue weighted by molar-refractivity contribution is 6.15. The molecule has 56 valence electrons. The van der Waals surface area contributed by atoms with Gasteiger partial charge in [-0.2, -0.15) is 0 Å². The summed E-state index contributed by atoms with van der Waals surface area (Å²) in [6.45, 7) is 0.184. The highest BCUT2D eigenvalue weighted by atomic mass is 35.5. The van der Waals surface area contributed by atoms with Gasteiger partial charge in [-0.05, 0) is 6.42 Å². The standard InChI is InChI=1S/C6H9ClN2O/c7-9-4-3-8-6(9)2-1-5-10/h3-4,10H,1-2,5H2. The third-order valence-electron chi connectivity index (χ3n) is 1.23. The Morgan fingerprint density at radius 2 is 2.50 bits per heavy atom. The molecule has 0 aliphatic rings. The summed E-state index contributed by atoms with van der Waals surface area (Å²) >= 11 is 5.65. The number of hydrogen-bond acceptors (Lipinski definition) is 2. The molecule has 0 spiro atoms. The summed E-state index contributed by atoms with van der Waals surface area (Å²) in [4.78, 5) is 3.97. The van der Waals surface area contributed by atoms with E-state index in [1.165, 1.54) is 4.09 Å². The molecule has 0 unspecified atom stereocenters. The summed E-state index contributed by atoms with van der Waals surface area (Å²) in [5, 5.41) is 8.48. The first-order valence-electron chi connectivity index (χ1n) is 3.14. The number of aliphatic hydroxyl groups excluding tert-OH is 1. The summed E-state index contributed by atoms with van der Waals surface area (Å²) in [6, 6.07) is 0. The second-order valence-corrected chi connectivity index (χ2v) is 2.35. The topological polar surface area (TPSA) is 38.1 Å². The normalized spacial score (nSPS) is 10.2. The second-order valence-electron chi connectivity index (χ2n) is 1.98. The van der Waals surface area contributed by atoms with Crippen LogP contribution in [0.3, 0.4) is 0 Å². The highest BCUT2D eigenvalue weighted by Gasteiger charge is 1.97. The molecule has 0 saturated heterocycles. The molecule has 1 rings (SSSR count). The number of aromatic nitrogens is 2. The van der Waals surface area contributed by atoms with Crippen LogP contribution in [0.1, 0.15) is 12.2 Å². The van der Waals surface area contributed by atoms with Gasteiger partial charge < -0.3 is 5.11 Å². The van der Waals surface area contributed by atoms with Crippen LogP contribution < -0.4 is 0 Å². The maximum Gasteiger partial charge on any atom is 0.123 e. The average molecular weight is 161 g/mol. The Hall–Kier alpha value is -0.540. The minimum absolute atomic E-state index is 0.184. The van der Waals surface area contributed by atoms with E-state index in [0.29, 0.717) is 6.42 Å². The molecular weight excluding hydrogens is 152 g/mol. The van der Waals surface area contributed by atoms with Crippen molar-refractivity contribution < 1.29 is 5.11 Å². The average Bonchev–Trinajstić information content (AvgIpc) is 2.31.